The first-order valence-electron chi connectivity index (χ1n) is 7.01. The van der Waals surface area contributed by atoms with Crippen molar-refractivity contribution < 1.29 is 13.2 Å². The van der Waals surface area contributed by atoms with E-state index in [0.717, 1.165) is 45.4 Å². The predicted molar refractivity (Wildman–Crippen MR) is 67.6 cm³/mol. The van der Waals surface area contributed by atoms with Gasteiger partial charge in [0, 0.05) is 6.42 Å². The Hall–Kier alpha value is -0.290. The maximum absolute atomic E-state index is 12.0. The van der Waals surface area contributed by atoms with E-state index in [2.05, 4.69) is 17.1 Å². The summed E-state index contributed by atoms with van der Waals surface area (Å²) < 4.78 is 36.1. The third kappa shape index (κ3) is 7.21. The molecule has 0 aromatic rings. The van der Waals surface area contributed by atoms with E-state index in [-0.39, 0.29) is 6.42 Å². The van der Waals surface area contributed by atoms with Gasteiger partial charge in [0.1, 0.15) is 0 Å². The monoisotopic (exact) mass is 266 g/mol. The summed E-state index contributed by atoms with van der Waals surface area (Å²) in [5, 5.41) is 3.42. The second kappa shape index (κ2) is 8.00. The Morgan fingerprint density at radius 1 is 1.22 bits per heavy atom. The highest BCUT2D eigenvalue weighted by atomic mass is 19.4. The van der Waals surface area contributed by atoms with Crippen LogP contribution < -0.4 is 5.32 Å². The molecule has 0 aromatic heterocycles. The van der Waals surface area contributed by atoms with E-state index in [9.17, 15) is 13.2 Å². The summed E-state index contributed by atoms with van der Waals surface area (Å²) in [6, 6.07) is 0. The maximum atomic E-state index is 12.0. The molecule has 1 rings (SSSR count). The standard InChI is InChI=1S/C13H25F3N2/c1-2-7-17-11-12-4-9-18(10-5-12)8-3-6-13(14,15)16/h12,17H,2-11H2,1H3. The molecule has 5 heteroatoms. The summed E-state index contributed by atoms with van der Waals surface area (Å²) in [5.74, 6) is 0.704. The van der Waals surface area contributed by atoms with Crippen LogP contribution in [0.25, 0.3) is 0 Å². The lowest BCUT2D eigenvalue weighted by Gasteiger charge is -2.32. The Kier molecular flexibility index (Phi) is 7.00. The number of hydrogen-bond acceptors (Lipinski definition) is 2. The average Bonchev–Trinajstić information content (AvgIpc) is 2.30. The quantitative estimate of drug-likeness (QED) is 0.713. The first-order chi connectivity index (χ1) is 8.51. The first-order valence-corrected chi connectivity index (χ1v) is 7.01. The molecule has 0 bridgehead atoms. The summed E-state index contributed by atoms with van der Waals surface area (Å²) >= 11 is 0. The zero-order chi connectivity index (χ0) is 13.4. The van der Waals surface area contributed by atoms with Gasteiger partial charge in [-0.15, -0.1) is 0 Å². The molecule has 0 aliphatic carbocycles. The molecule has 108 valence electrons. The Labute approximate surface area is 108 Å². The van der Waals surface area contributed by atoms with Crippen molar-refractivity contribution in [3.05, 3.63) is 0 Å². The second-order valence-corrected chi connectivity index (χ2v) is 5.21. The van der Waals surface area contributed by atoms with E-state index in [1.165, 1.54) is 0 Å². The van der Waals surface area contributed by atoms with Gasteiger partial charge >= 0.3 is 6.18 Å². The molecule has 0 atom stereocenters. The van der Waals surface area contributed by atoms with Crippen molar-refractivity contribution in [2.75, 3.05) is 32.7 Å². The zero-order valence-electron chi connectivity index (χ0n) is 11.2. The minimum atomic E-state index is -4.00. The largest absolute Gasteiger partial charge is 0.389 e. The van der Waals surface area contributed by atoms with Crippen molar-refractivity contribution in [2.24, 2.45) is 5.92 Å². The number of piperidine rings is 1. The lowest BCUT2D eigenvalue weighted by Crippen LogP contribution is -2.38. The van der Waals surface area contributed by atoms with Gasteiger partial charge in [0.25, 0.3) is 0 Å². The molecular weight excluding hydrogens is 241 g/mol. The van der Waals surface area contributed by atoms with Crippen LogP contribution in [0.1, 0.15) is 39.0 Å². The summed E-state index contributed by atoms with van der Waals surface area (Å²) in [4.78, 5) is 2.17. The van der Waals surface area contributed by atoms with Crippen molar-refractivity contribution in [2.45, 2.75) is 45.2 Å². The normalized spacial score (nSPS) is 19.3. The molecule has 2 nitrogen and oxygen atoms in total. The van der Waals surface area contributed by atoms with Gasteiger partial charge in [0.05, 0.1) is 0 Å². The SMILES string of the molecule is CCCNCC1CCN(CCCC(F)(F)F)CC1. The van der Waals surface area contributed by atoms with Crippen LogP contribution in [-0.2, 0) is 0 Å². The fourth-order valence-electron chi connectivity index (χ4n) is 2.40. The van der Waals surface area contributed by atoms with E-state index in [1.807, 2.05) is 0 Å². The average molecular weight is 266 g/mol. The Balaban J connectivity index is 2.04. The Morgan fingerprint density at radius 3 is 2.44 bits per heavy atom. The van der Waals surface area contributed by atoms with E-state index in [4.69, 9.17) is 0 Å². The number of nitrogens with one attached hydrogen (secondary N) is 1. The van der Waals surface area contributed by atoms with E-state index in [1.54, 1.807) is 0 Å². The smallest absolute Gasteiger partial charge is 0.316 e. The van der Waals surface area contributed by atoms with Gasteiger partial charge in [-0.1, -0.05) is 6.92 Å². The highest BCUT2D eigenvalue weighted by Crippen LogP contribution is 2.22. The molecule has 0 radical (unpaired) electrons. The van der Waals surface area contributed by atoms with Crippen molar-refractivity contribution in [1.29, 1.82) is 0 Å². The molecule has 0 spiro atoms. The fraction of sp³-hybridized carbons (Fsp3) is 1.00. The summed E-state index contributed by atoms with van der Waals surface area (Å²) in [6.07, 6.45) is -1.03. The molecule has 1 heterocycles. The fourth-order valence-corrected chi connectivity index (χ4v) is 2.40. The highest BCUT2D eigenvalue weighted by Gasteiger charge is 2.27. The van der Waals surface area contributed by atoms with Crippen LogP contribution in [0.5, 0.6) is 0 Å². The first kappa shape index (κ1) is 15.8. The van der Waals surface area contributed by atoms with Gasteiger partial charge in [-0.2, -0.15) is 13.2 Å². The number of hydrogen-bond donors (Lipinski definition) is 1. The molecule has 18 heavy (non-hydrogen) atoms. The van der Waals surface area contributed by atoms with E-state index >= 15 is 0 Å². The highest BCUT2D eigenvalue weighted by molar-refractivity contribution is 4.74. The topological polar surface area (TPSA) is 15.3 Å². The van der Waals surface area contributed by atoms with Gasteiger partial charge in [0.2, 0.25) is 0 Å². The molecular formula is C13H25F3N2. The van der Waals surface area contributed by atoms with E-state index < -0.39 is 12.6 Å². The van der Waals surface area contributed by atoms with Gasteiger partial charge in [-0.3, -0.25) is 0 Å². The van der Waals surface area contributed by atoms with Crippen LogP contribution in [0.3, 0.4) is 0 Å². The number of likely N-dealkylation sites (tertiary alicyclic amines) is 1. The van der Waals surface area contributed by atoms with Crippen molar-refractivity contribution in [1.82, 2.24) is 10.2 Å². The minimum absolute atomic E-state index is 0.238. The van der Waals surface area contributed by atoms with Crippen LogP contribution >= 0.6 is 0 Å². The molecule has 1 saturated heterocycles. The van der Waals surface area contributed by atoms with Gasteiger partial charge < -0.3 is 10.2 Å². The van der Waals surface area contributed by atoms with E-state index in [0.29, 0.717) is 12.5 Å². The summed E-state index contributed by atoms with van der Waals surface area (Å²) in [5.41, 5.74) is 0. The Bertz CT molecular complexity index is 211. The molecule has 0 saturated carbocycles. The molecule has 1 aliphatic rings. The minimum Gasteiger partial charge on any atom is -0.316 e. The number of nitrogens with zero attached hydrogens (tertiary/aromatic N) is 1. The van der Waals surface area contributed by atoms with Crippen LogP contribution in [0, 0.1) is 5.92 Å². The summed E-state index contributed by atoms with van der Waals surface area (Å²) in [6.45, 7) is 6.77. The molecule has 1 aliphatic heterocycles. The second-order valence-electron chi connectivity index (χ2n) is 5.21. The van der Waals surface area contributed by atoms with Gasteiger partial charge in [-0.25, -0.2) is 0 Å². The van der Waals surface area contributed by atoms with Crippen molar-refractivity contribution >= 4 is 0 Å². The number of rotatable bonds is 7. The molecule has 0 aromatic carbocycles. The van der Waals surface area contributed by atoms with Crippen LogP contribution in [0.2, 0.25) is 0 Å². The van der Waals surface area contributed by atoms with Crippen LogP contribution in [-0.4, -0.2) is 43.8 Å². The lowest BCUT2D eigenvalue weighted by atomic mass is 9.96. The Morgan fingerprint density at radius 2 is 1.89 bits per heavy atom. The zero-order valence-corrected chi connectivity index (χ0v) is 11.2. The lowest BCUT2D eigenvalue weighted by molar-refractivity contribution is -0.136. The third-order valence-electron chi connectivity index (χ3n) is 3.50. The predicted octanol–water partition coefficient (Wildman–Crippen LogP) is 3.04. The van der Waals surface area contributed by atoms with Crippen molar-refractivity contribution in [3.8, 4) is 0 Å². The number of alkyl halides is 3. The van der Waals surface area contributed by atoms with Gasteiger partial charge in [0.15, 0.2) is 0 Å². The van der Waals surface area contributed by atoms with Crippen molar-refractivity contribution in [3.63, 3.8) is 0 Å². The maximum Gasteiger partial charge on any atom is 0.389 e. The molecule has 1 N–H and O–H groups in total. The number of halogens is 3. The molecule has 0 unspecified atom stereocenters. The molecule has 0 amide bonds. The summed E-state index contributed by atoms with van der Waals surface area (Å²) in [7, 11) is 0. The van der Waals surface area contributed by atoms with Gasteiger partial charge in [-0.05, 0) is 64.3 Å². The van der Waals surface area contributed by atoms with Crippen LogP contribution in [0.15, 0.2) is 0 Å². The third-order valence-corrected chi connectivity index (χ3v) is 3.50. The molecule has 1 fully saturated rings. The van der Waals surface area contributed by atoms with Crippen LogP contribution in [0.4, 0.5) is 13.2 Å².